The molecule has 2 aromatic rings. The summed E-state index contributed by atoms with van der Waals surface area (Å²) in [7, 11) is -3.49. The van der Waals surface area contributed by atoms with Crippen molar-refractivity contribution in [2.24, 2.45) is 5.73 Å². The third-order valence-corrected chi connectivity index (χ3v) is 4.16. The largest absolute Gasteiger partial charge is 0.384 e. The maximum absolute atomic E-state index is 12.1. The van der Waals surface area contributed by atoms with E-state index in [1.165, 1.54) is 29.7 Å². The molecule has 0 heterocycles. The van der Waals surface area contributed by atoms with E-state index in [9.17, 15) is 8.42 Å². The van der Waals surface area contributed by atoms with Gasteiger partial charge in [0.1, 0.15) is 5.84 Å². The number of nitrogen functional groups attached to an aromatic ring is 1. The highest BCUT2D eigenvalue weighted by Crippen LogP contribution is 2.15. The van der Waals surface area contributed by atoms with Gasteiger partial charge in [-0.15, -0.1) is 0 Å². The second kappa shape index (κ2) is 5.71. The molecule has 2 aromatic carbocycles. The van der Waals surface area contributed by atoms with E-state index in [0.29, 0.717) is 5.56 Å². The number of amidine groups is 1. The van der Waals surface area contributed by atoms with E-state index < -0.39 is 9.84 Å². The van der Waals surface area contributed by atoms with Gasteiger partial charge in [-0.05, 0) is 23.8 Å². The van der Waals surface area contributed by atoms with Crippen LogP contribution in [-0.2, 0) is 9.84 Å². The minimum atomic E-state index is -3.49. The smallest absolute Gasteiger partial charge is 0.199 e. The van der Waals surface area contributed by atoms with E-state index in [1.807, 2.05) is 30.3 Å². The maximum atomic E-state index is 12.1. The second-order valence-corrected chi connectivity index (χ2v) is 6.03. The Labute approximate surface area is 118 Å². The molecule has 0 spiro atoms. The van der Waals surface area contributed by atoms with Crippen LogP contribution in [0.15, 0.2) is 64.9 Å². The molecule has 0 amide bonds. The molecule has 5 heteroatoms. The zero-order chi connectivity index (χ0) is 14.6. The van der Waals surface area contributed by atoms with Crippen LogP contribution in [0.1, 0.15) is 11.1 Å². The molecule has 2 rings (SSSR count). The first-order valence-corrected chi connectivity index (χ1v) is 7.46. The molecule has 0 aliphatic heterocycles. The predicted molar refractivity (Wildman–Crippen MR) is 80.1 cm³/mol. The van der Waals surface area contributed by atoms with Gasteiger partial charge >= 0.3 is 0 Å². The standard InChI is InChI=1S/C15H14N2O2S/c16-15(17)13-6-8-14(9-7-13)20(18,19)11-10-12-4-2-1-3-5-12/h1-11H,(H3,16,17). The van der Waals surface area contributed by atoms with E-state index in [0.717, 1.165) is 5.56 Å². The molecule has 0 radical (unpaired) electrons. The Hall–Kier alpha value is -2.40. The van der Waals surface area contributed by atoms with Crippen LogP contribution >= 0.6 is 0 Å². The van der Waals surface area contributed by atoms with Gasteiger partial charge in [-0.25, -0.2) is 8.42 Å². The van der Waals surface area contributed by atoms with Gasteiger partial charge in [-0.3, -0.25) is 5.41 Å². The number of hydrogen-bond donors (Lipinski definition) is 2. The fraction of sp³-hybridized carbons (Fsp3) is 0. The molecular weight excluding hydrogens is 272 g/mol. The summed E-state index contributed by atoms with van der Waals surface area (Å²) in [6.45, 7) is 0. The van der Waals surface area contributed by atoms with E-state index in [4.69, 9.17) is 11.1 Å². The van der Waals surface area contributed by atoms with Gasteiger partial charge in [0.2, 0.25) is 0 Å². The monoisotopic (exact) mass is 286 g/mol. The summed E-state index contributed by atoms with van der Waals surface area (Å²) in [6, 6.07) is 15.1. The normalized spacial score (nSPS) is 11.6. The van der Waals surface area contributed by atoms with Gasteiger partial charge in [0.15, 0.2) is 9.84 Å². The Balaban J connectivity index is 2.27. The number of benzene rings is 2. The van der Waals surface area contributed by atoms with Crippen molar-refractivity contribution in [1.29, 1.82) is 5.41 Å². The summed E-state index contributed by atoms with van der Waals surface area (Å²) in [5.41, 5.74) is 6.64. The number of rotatable bonds is 4. The molecule has 0 fully saturated rings. The van der Waals surface area contributed by atoms with Gasteiger partial charge < -0.3 is 5.73 Å². The lowest BCUT2D eigenvalue weighted by Crippen LogP contribution is -2.10. The Morgan fingerprint density at radius 1 is 1.00 bits per heavy atom. The molecule has 0 aliphatic carbocycles. The van der Waals surface area contributed by atoms with Crippen molar-refractivity contribution < 1.29 is 8.42 Å². The fourth-order valence-corrected chi connectivity index (χ4v) is 2.64. The zero-order valence-corrected chi connectivity index (χ0v) is 11.5. The molecule has 0 saturated carbocycles. The first-order valence-electron chi connectivity index (χ1n) is 5.92. The van der Waals surface area contributed by atoms with Crippen molar-refractivity contribution in [2.45, 2.75) is 4.90 Å². The topological polar surface area (TPSA) is 84.0 Å². The fourth-order valence-electron chi connectivity index (χ4n) is 1.64. The summed E-state index contributed by atoms with van der Waals surface area (Å²) in [5, 5.41) is 8.44. The van der Waals surface area contributed by atoms with E-state index in [1.54, 1.807) is 6.08 Å². The minimum absolute atomic E-state index is 0.0891. The van der Waals surface area contributed by atoms with Gasteiger partial charge in [0, 0.05) is 11.0 Å². The van der Waals surface area contributed by atoms with Crippen molar-refractivity contribution in [3.8, 4) is 0 Å². The van der Waals surface area contributed by atoms with Gasteiger partial charge in [-0.2, -0.15) is 0 Å². The summed E-state index contributed by atoms with van der Waals surface area (Å²) in [6.07, 6.45) is 1.55. The Morgan fingerprint density at radius 2 is 1.60 bits per heavy atom. The third-order valence-electron chi connectivity index (χ3n) is 2.73. The van der Waals surface area contributed by atoms with Crippen LogP contribution < -0.4 is 5.73 Å². The van der Waals surface area contributed by atoms with E-state index >= 15 is 0 Å². The highest BCUT2D eigenvalue weighted by Gasteiger charge is 2.10. The van der Waals surface area contributed by atoms with Crippen molar-refractivity contribution in [2.75, 3.05) is 0 Å². The van der Waals surface area contributed by atoms with Crippen molar-refractivity contribution in [3.05, 3.63) is 71.1 Å². The van der Waals surface area contributed by atoms with Crippen LogP contribution in [0.2, 0.25) is 0 Å². The van der Waals surface area contributed by atoms with Crippen molar-refractivity contribution in [1.82, 2.24) is 0 Å². The second-order valence-electron chi connectivity index (χ2n) is 4.20. The molecular formula is C15H14N2O2S. The number of sulfone groups is 1. The van der Waals surface area contributed by atoms with Crippen molar-refractivity contribution in [3.63, 3.8) is 0 Å². The Bertz CT molecular complexity index is 733. The van der Waals surface area contributed by atoms with Crippen LogP contribution in [0.3, 0.4) is 0 Å². The van der Waals surface area contributed by atoms with Crippen molar-refractivity contribution >= 4 is 21.7 Å². The summed E-state index contributed by atoms with van der Waals surface area (Å²) in [4.78, 5) is 0.176. The third kappa shape index (κ3) is 3.33. The van der Waals surface area contributed by atoms with Crippen LogP contribution in [0.5, 0.6) is 0 Å². The SMILES string of the molecule is N=C(N)c1ccc(S(=O)(=O)C=Cc2ccccc2)cc1. The quantitative estimate of drug-likeness (QED) is 0.668. The van der Waals surface area contributed by atoms with Crippen LogP contribution in [0.4, 0.5) is 0 Å². The zero-order valence-electron chi connectivity index (χ0n) is 10.7. The molecule has 0 aliphatic rings. The summed E-state index contributed by atoms with van der Waals surface area (Å²) >= 11 is 0. The van der Waals surface area contributed by atoms with Gasteiger partial charge in [0.05, 0.1) is 4.90 Å². The lowest BCUT2D eigenvalue weighted by molar-refractivity contribution is 0.605. The first-order chi connectivity index (χ1) is 9.49. The average Bonchev–Trinajstić information content (AvgIpc) is 2.46. The Morgan fingerprint density at radius 3 is 2.15 bits per heavy atom. The average molecular weight is 286 g/mol. The molecule has 3 N–H and O–H groups in total. The van der Waals surface area contributed by atoms with Gasteiger partial charge in [-0.1, -0.05) is 42.5 Å². The number of hydrogen-bond acceptors (Lipinski definition) is 3. The van der Waals surface area contributed by atoms with Crippen LogP contribution in [0, 0.1) is 5.41 Å². The van der Waals surface area contributed by atoms with Crippen LogP contribution in [0.25, 0.3) is 6.08 Å². The molecule has 0 atom stereocenters. The summed E-state index contributed by atoms with van der Waals surface area (Å²) in [5.74, 6) is -0.0891. The first kappa shape index (κ1) is 14.0. The Kier molecular flexibility index (Phi) is 4.00. The van der Waals surface area contributed by atoms with E-state index in [-0.39, 0.29) is 10.7 Å². The van der Waals surface area contributed by atoms with Crippen LogP contribution in [-0.4, -0.2) is 14.3 Å². The molecule has 0 bridgehead atoms. The van der Waals surface area contributed by atoms with E-state index in [2.05, 4.69) is 0 Å². The summed E-state index contributed by atoms with van der Waals surface area (Å²) < 4.78 is 24.2. The molecule has 0 aromatic heterocycles. The molecule has 20 heavy (non-hydrogen) atoms. The maximum Gasteiger partial charge on any atom is 0.199 e. The molecule has 0 unspecified atom stereocenters. The highest BCUT2D eigenvalue weighted by molar-refractivity contribution is 7.94. The molecule has 4 nitrogen and oxygen atoms in total. The lowest BCUT2D eigenvalue weighted by atomic mass is 10.2. The van der Waals surface area contributed by atoms with Gasteiger partial charge in [0.25, 0.3) is 0 Å². The molecule has 0 saturated heterocycles. The molecule has 102 valence electrons. The predicted octanol–water partition coefficient (Wildman–Crippen LogP) is 2.42. The highest BCUT2D eigenvalue weighted by atomic mass is 32.2. The number of nitrogens with two attached hydrogens (primary N) is 1. The lowest BCUT2D eigenvalue weighted by Gasteiger charge is -2.01. The minimum Gasteiger partial charge on any atom is -0.384 e. The number of nitrogens with one attached hydrogen (secondary N) is 1.